The monoisotopic (exact) mass is 284 g/mol. The fourth-order valence-corrected chi connectivity index (χ4v) is 3.38. The summed E-state index contributed by atoms with van der Waals surface area (Å²) in [6, 6.07) is 0.617. The maximum atomic E-state index is 5.78. The lowest BCUT2D eigenvalue weighted by Crippen LogP contribution is -2.61. The van der Waals surface area contributed by atoms with Crippen molar-refractivity contribution in [1.82, 2.24) is 5.32 Å². The number of hydrogen-bond acceptors (Lipinski definition) is 3. The van der Waals surface area contributed by atoms with E-state index in [1.807, 2.05) is 0 Å². The predicted molar refractivity (Wildman–Crippen MR) is 86.8 cm³/mol. The van der Waals surface area contributed by atoms with Crippen LogP contribution in [-0.4, -0.2) is 31.8 Å². The minimum atomic E-state index is 0.282. The normalized spacial score (nSPS) is 26.6. The average Bonchev–Trinajstić information content (AvgIpc) is 2.39. The van der Waals surface area contributed by atoms with E-state index in [1.54, 1.807) is 0 Å². The Bertz CT molecular complexity index is 266. The van der Waals surface area contributed by atoms with E-state index in [0.29, 0.717) is 12.1 Å². The third kappa shape index (κ3) is 4.71. The molecule has 0 aliphatic heterocycles. The first-order chi connectivity index (χ1) is 9.43. The van der Waals surface area contributed by atoms with Crippen LogP contribution in [0.25, 0.3) is 0 Å². The molecule has 0 amide bonds. The molecule has 1 aliphatic rings. The van der Waals surface area contributed by atoms with Crippen LogP contribution in [0.3, 0.4) is 0 Å². The summed E-state index contributed by atoms with van der Waals surface area (Å²) >= 11 is 0. The van der Waals surface area contributed by atoms with Gasteiger partial charge < -0.3 is 15.8 Å². The summed E-state index contributed by atoms with van der Waals surface area (Å²) in [5.74, 6) is 1.54. The molecule has 0 saturated heterocycles. The molecule has 0 aromatic rings. The SMILES string of the molecule is CCOC1CC(NCCCC(CCN)C(C)C)C1(C)C. The first-order valence-electron chi connectivity index (χ1n) is 8.48. The molecule has 0 bridgehead atoms. The summed E-state index contributed by atoms with van der Waals surface area (Å²) in [7, 11) is 0. The molecule has 3 N–H and O–H groups in total. The van der Waals surface area contributed by atoms with E-state index in [0.717, 1.165) is 38.0 Å². The third-order valence-corrected chi connectivity index (χ3v) is 5.17. The average molecular weight is 284 g/mol. The Labute approximate surface area is 126 Å². The second kappa shape index (κ2) is 8.35. The van der Waals surface area contributed by atoms with Crippen LogP contribution in [0.5, 0.6) is 0 Å². The number of hydrogen-bond donors (Lipinski definition) is 2. The van der Waals surface area contributed by atoms with Crippen molar-refractivity contribution in [3.05, 3.63) is 0 Å². The van der Waals surface area contributed by atoms with E-state index in [-0.39, 0.29) is 5.41 Å². The highest BCUT2D eigenvalue weighted by molar-refractivity contribution is 5.02. The molecule has 1 aliphatic carbocycles. The van der Waals surface area contributed by atoms with Crippen molar-refractivity contribution in [2.45, 2.75) is 72.4 Å². The molecule has 1 fully saturated rings. The van der Waals surface area contributed by atoms with Gasteiger partial charge >= 0.3 is 0 Å². The Morgan fingerprint density at radius 2 is 2.00 bits per heavy atom. The van der Waals surface area contributed by atoms with Crippen molar-refractivity contribution in [3.8, 4) is 0 Å². The zero-order valence-corrected chi connectivity index (χ0v) is 14.2. The number of rotatable bonds is 10. The van der Waals surface area contributed by atoms with Gasteiger partial charge in [0.25, 0.3) is 0 Å². The van der Waals surface area contributed by atoms with Gasteiger partial charge in [-0.25, -0.2) is 0 Å². The van der Waals surface area contributed by atoms with Gasteiger partial charge in [-0.3, -0.25) is 0 Å². The molecule has 3 unspecified atom stereocenters. The molecular weight excluding hydrogens is 248 g/mol. The maximum absolute atomic E-state index is 5.78. The van der Waals surface area contributed by atoms with Crippen LogP contribution in [0.2, 0.25) is 0 Å². The van der Waals surface area contributed by atoms with E-state index in [1.165, 1.54) is 19.3 Å². The predicted octanol–water partition coefficient (Wildman–Crippen LogP) is 3.18. The van der Waals surface area contributed by atoms with Crippen molar-refractivity contribution in [3.63, 3.8) is 0 Å². The summed E-state index contributed by atoms with van der Waals surface area (Å²) < 4.78 is 5.78. The number of nitrogens with one attached hydrogen (secondary N) is 1. The minimum Gasteiger partial charge on any atom is -0.378 e. The number of nitrogens with two attached hydrogens (primary N) is 1. The van der Waals surface area contributed by atoms with Crippen molar-refractivity contribution in [2.24, 2.45) is 23.0 Å². The molecule has 1 rings (SSSR count). The molecule has 0 aromatic heterocycles. The molecule has 0 aromatic carbocycles. The quantitative estimate of drug-likeness (QED) is 0.606. The Balaban J connectivity index is 2.19. The van der Waals surface area contributed by atoms with Gasteiger partial charge in [0.2, 0.25) is 0 Å². The van der Waals surface area contributed by atoms with Gasteiger partial charge in [-0.1, -0.05) is 27.7 Å². The van der Waals surface area contributed by atoms with Gasteiger partial charge in [-0.2, -0.15) is 0 Å². The van der Waals surface area contributed by atoms with Crippen molar-refractivity contribution in [1.29, 1.82) is 0 Å². The molecule has 20 heavy (non-hydrogen) atoms. The van der Waals surface area contributed by atoms with Crippen molar-refractivity contribution in [2.75, 3.05) is 19.7 Å². The lowest BCUT2D eigenvalue weighted by atomic mass is 9.64. The van der Waals surface area contributed by atoms with Gasteiger partial charge in [-0.15, -0.1) is 0 Å². The van der Waals surface area contributed by atoms with Crippen molar-refractivity contribution < 1.29 is 4.74 Å². The Morgan fingerprint density at radius 3 is 2.50 bits per heavy atom. The first kappa shape index (κ1) is 17.9. The molecule has 3 atom stereocenters. The van der Waals surface area contributed by atoms with Gasteiger partial charge in [0.05, 0.1) is 6.10 Å². The van der Waals surface area contributed by atoms with E-state index in [2.05, 4.69) is 39.9 Å². The van der Waals surface area contributed by atoms with E-state index in [9.17, 15) is 0 Å². The van der Waals surface area contributed by atoms with Gasteiger partial charge in [-0.05, 0) is 57.5 Å². The van der Waals surface area contributed by atoms with Gasteiger partial charge in [0.15, 0.2) is 0 Å². The second-order valence-electron chi connectivity index (χ2n) is 7.23. The lowest BCUT2D eigenvalue weighted by Gasteiger charge is -2.52. The van der Waals surface area contributed by atoms with Crippen LogP contribution < -0.4 is 11.1 Å². The van der Waals surface area contributed by atoms with E-state index >= 15 is 0 Å². The van der Waals surface area contributed by atoms with Crippen LogP contribution in [0.4, 0.5) is 0 Å². The molecule has 0 radical (unpaired) electrons. The summed E-state index contributed by atoms with van der Waals surface area (Å²) in [6.07, 6.45) is 5.32. The molecule has 3 heteroatoms. The van der Waals surface area contributed by atoms with Crippen LogP contribution in [0.1, 0.15) is 60.3 Å². The minimum absolute atomic E-state index is 0.282. The molecular formula is C17H36N2O. The Morgan fingerprint density at radius 1 is 1.30 bits per heavy atom. The zero-order chi connectivity index (χ0) is 15.2. The molecule has 0 spiro atoms. The highest BCUT2D eigenvalue weighted by Gasteiger charge is 2.48. The largest absolute Gasteiger partial charge is 0.378 e. The van der Waals surface area contributed by atoms with Crippen LogP contribution in [0.15, 0.2) is 0 Å². The Hall–Kier alpha value is -0.120. The fraction of sp³-hybridized carbons (Fsp3) is 1.00. The van der Waals surface area contributed by atoms with Crippen LogP contribution >= 0.6 is 0 Å². The van der Waals surface area contributed by atoms with Crippen molar-refractivity contribution >= 4 is 0 Å². The second-order valence-corrected chi connectivity index (χ2v) is 7.23. The van der Waals surface area contributed by atoms with E-state index in [4.69, 9.17) is 10.5 Å². The fourth-order valence-electron chi connectivity index (χ4n) is 3.38. The topological polar surface area (TPSA) is 47.3 Å². The van der Waals surface area contributed by atoms with Crippen LogP contribution in [-0.2, 0) is 4.74 Å². The Kier molecular flexibility index (Phi) is 7.49. The standard InChI is InChI=1S/C17H36N2O/c1-6-20-16-12-15(17(16,4)5)19-11-7-8-14(9-10-18)13(2)3/h13-16,19H,6-12,18H2,1-5H3. The molecule has 3 nitrogen and oxygen atoms in total. The zero-order valence-electron chi connectivity index (χ0n) is 14.2. The molecule has 1 saturated carbocycles. The summed E-state index contributed by atoms with van der Waals surface area (Å²) in [5, 5.41) is 3.72. The number of ether oxygens (including phenoxy) is 1. The van der Waals surface area contributed by atoms with Gasteiger partial charge in [0, 0.05) is 18.1 Å². The third-order valence-electron chi connectivity index (χ3n) is 5.17. The summed E-state index contributed by atoms with van der Waals surface area (Å²) in [5.41, 5.74) is 5.98. The smallest absolute Gasteiger partial charge is 0.0655 e. The first-order valence-corrected chi connectivity index (χ1v) is 8.48. The lowest BCUT2D eigenvalue weighted by molar-refractivity contribution is -0.114. The molecule has 0 heterocycles. The summed E-state index contributed by atoms with van der Waals surface area (Å²) in [4.78, 5) is 0. The van der Waals surface area contributed by atoms with E-state index < -0.39 is 0 Å². The maximum Gasteiger partial charge on any atom is 0.0655 e. The highest BCUT2D eigenvalue weighted by atomic mass is 16.5. The molecule has 120 valence electrons. The van der Waals surface area contributed by atoms with Gasteiger partial charge in [0.1, 0.15) is 0 Å². The highest BCUT2D eigenvalue weighted by Crippen LogP contribution is 2.42. The summed E-state index contributed by atoms with van der Waals surface area (Å²) in [6.45, 7) is 14.1. The van der Waals surface area contributed by atoms with Crippen LogP contribution in [0, 0.1) is 17.3 Å².